The number of nitrogens with zero attached hydrogens (tertiary/aromatic N) is 2. The van der Waals surface area contributed by atoms with Crippen LogP contribution in [0.5, 0.6) is 5.75 Å². The van der Waals surface area contributed by atoms with Gasteiger partial charge in [-0.05, 0) is 13.0 Å². The lowest BCUT2D eigenvalue weighted by Crippen LogP contribution is -1.93. The SMILES string of the molecule is Cc1cccc(-c2c(O)cnn2C)c1. The molecular weight excluding hydrogens is 176 g/mol. The summed E-state index contributed by atoms with van der Waals surface area (Å²) in [5.41, 5.74) is 2.92. The summed E-state index contributed by atoms with van der Waals surface area (Å²) in [7, 11) is 1.82. The van der Waals surface area contributed by atoms with Crippen LogP contribution in [0.3, 0.4) is 0 Å². The Bertz CT molecular complexity index is 441. The van der Waals surface area contributed by atoms with Gasteiger partial charge in [-0.25, -0.2) is 0 Å². The average Bonchev–Trinajstić information content (AvgIpc) is 2.46. The molecule has 3 nitrogen and oxygen atoms in total. The number of aryl methyl sites for hydroxylation is 2. The van der Waals surface area contributed by atoms with Gasteiger partial charge in [-0.1, -0.05) is 23.8 Å². The predicted octanol–water partition coefficient (Wildman–Crippen LogP) is 2.10. The van der Waals surface area contributed by atoms with Crippen LogP contribution in [-0.2, 0) is 7.05 Å². The third-order valence-corrected chi connectivity index (χ3v) is 2.21. The van der Waals surface area contributed by atoms with Crippen molar-refractivity contribution in [2.75, 3.05) is 0 Å². The fourth-order valence-corrected chi connectivity index (χ4v) is 1.55. The number of benzene rings is 1. The highest BCUT2D eigenvalue weighted by molar-refractivity contribution is 5.66. The first-order chi connectivity index (χ1) is 6.68. The van der Waals surface area contributed by atoms with Gasteiger partial charge in [-0.15, -0.1) is 0 Å². The van der Waals surface area contributed by atoms with Gasteiger partial charge in [0.15, 0.2) is 5.75 Å². The van der Waals surface area contributed by atoms with Crippen LogP contribution in [0.25, 0.3) is 11.3 Å². The van der Waals surface area contributed by atoms with E-state index in [0.29, 0.717) is 0 Å². The van der Waals surface area contributed by atoms with Crippen LogP contribution in [0.2, 0.25) is 0 Å². The number of hydrogen-bond donors (Lipinski definition) is 1. The molecule has 2 rings (SSSR count). The molecule has 0 radical (unpaired) electrons. The Balaban J connectivity index is 2.59. The fourth-order valence-electron chi connectivity index (χ4n) is 1.55. The van der Waals surface area contributed by atoms with Gasteiger partial charge < -0.3 is 5.11 Å². The summed E-state index contributed by atoms with van der Waals surface area (Å²) in [5, 5.41) is 13.6. The third-order valence-electron chi connectivity index (χ3n) is 2.21. The van der Waals surface area contributed by atoms with E-state index in [-0.39, 0.29) is 5.75 Å². The molecule has 3 heteroatoms. The lowest BCUT2D eigenvalue weighted by molar-refractivity contribution is 0.477. The highest BCUT2D eigenvalue weighted by atomic mass is 16.3. The molecule has 1 aromatic heterocycles. The molecule has 0 fully saturated rings. The molecule has 0 aliphatic carbocycles. The molecule has 0 saturated carbocycles. The topological polar surface area (TPSA) is 38.1 Å². The van der Waals surface area contributed by atoms with Gasteiger partial charge >= 0.3 is 0 Å². The summed E-state index contributed by atoms with van der Waals surface area (Å²) in [5.74, 6) is 0.220. The minimum Gasteiger partial charge on any atom is -0.504 e. The van der Waals surface area contributed by atoms with Crippen LogP contribution in [0.15, 0.2) is 30.5 Å². The number of aromatic nitrogens is 2. The molecule has 2 aromatic rings. The highest BCUT2D eigenvalue weighted by Crippen LogP contribution is 2.28. The lowest BCUT2D eigenvalue weighted by atomic mass is 10.1. The summed E-state index contributed by atoms with van der Waals surface area (Å²) in [6.07, 6.45) is 1.46. The van der Waals surface area contributed by atoms with Crippen molar-refractivity contribution in [2.24, 2.45) is 7.05 Å². The van der Waals surface area contributed by atoms with E-state index in [1.54, 1.807) is 4.68 Å². The van der Waals surface area contributed by atoms with E-state index in [4.69, 9.17) is 0 Å². The first kappa shape index (κ1) is 8.81. The second-order valence-corrected chi connectivity index (χ2v) is 3.37. The van der Waals surface area contributed by atoms with Crippen molar-refractivity contribution >= 4 is 0 Å². The maximum absolute atomic E-state index is 9.59. The quantitative estimate of drug-likeness (QED) is 0.744. The molecule has 0 saturated heterocycles. The van der Waals surface area contributed by atoms with E-state index >= 15 is 0 Å². The van der Waals surface area contributed by atoms with Crippen molar-refractivity contribution < 1.29 is 5.11 Å². The Labute approximate surface area is 82.6 Å². The van der Waals surface area contributed by atoms with Crippen LogP contribution in [0.4, 0.5) is 0 Å². The van der Waals surface area contributed by atoms with Crippen LogP contribution in [0, 0.1) is 6.92 Å². The van der Waals surface area contributed by atoms with E-state index in [0.717, 1.165) is 11.3 Å². The molecule has 0 unspecified atom stereocenters. The molecule has 0 aliphatic rings. The molecule has 1 aromatic carbocycles. The molecule has 0 spiro atoms. The van der Waals surface area contributed by atoms with Crippen molar-refractivity contribution in [1.82, 2.24) is 9.78 Å². The zero-order valence-corrected chi connectivity index (χ0v) is 8.23. The maximum atomic E-state index is 9.59. The summed E-state index contributed by atoms with van der Waals surface area (Å²) < 4.78 is 1.67. The fraction of sp³-hybridized carbons (Fsp3) is 0.182. The van der Waals surface area contributed by atoms with E-state index in [9.17, 15) is 5.11 Å². The standard InChI is InChI=1S/C11H12N2O/c1-8-4-3-5-9(6-8)11-10(14)7-12-13(11)2/h3-7,14H,1-2H3. The van der Waals surface area contributed by atoms with Crippen LogP contribution in [0.1, 0.15) is 5.56 Å². The molecule has 0 bridgehead atoms. The molecule has 0 aliphatic heterocycles. The predicted molar refractivity (Wildman–Crippen MR) is 55.0 cm³/mol. The first-order valence-electron chi connectivity index (χ1n) is 4.46. The Morgan fingerprint density at radius 2 is 2.14 bits per heavy atom. The van der Waals surface area contributed by atoms with Crippen molar-refractivity contribution in [3.05, 3.63) is 36.0 Å². The normalized spacial score (nSPS) is 10.4. The van der Waals surface area contributed by atoms with Crippen molar-refractivity contribution in [2.45, 2.75) is 6.92 Å². The molecule has 14 heavy (non-hydrogen) atoms. The van der Waals surface area contributed by atoms with Gasteiger partial charge in [0.1, 0.15) is 5.69 Å². The lowest BCUT2D eigenvalue weighted by Gasteiger charge is -2.03. The molecule has 1 heterocycles. The minimum absolute atomic E-state index is 0.220. The van der Waals surface area contributed by atoms with Gasteiger partial charge in [0.05, 0.1) is 6.20 Å². The van der Waals surface area contributed by atoms with Crippen LogP contribution >= 0.6 is 0 Å². The van der Waals surface area contributed by atoms with Gasteiger partial charge in [-0.3, -0.25) is 4.68 Å². The van der Waals surface area contributed by atoms with Crippen molar-refractivity contribution in [1.29, 1.82) is 0 Å². The monoisotopic (exact) mass is 188 g/mol. The Kier molecular flexibility index (Phi) is 2.00. The molecule has 72 valence electrons. The first-order valence-corrected chi connectivity index (χ1v) is 4.46. The molecule has 1 N–H and O–H groups in total. The Morgan fingerprint density at radius 3 is 2.71 bits per heavy atom. The molecule has 0 amide bonds. The average molecular weight is 188 g/mol. The highest BCUT2D eigenvalue weighted by Gasteiger charge is 2.08. The van der Waals surface area contributed by atoms with Gasteiger partial charge in [-0.2, -0.15) is 5.10 Å². The van der Waals surface area contributed by atoms with Gasteiger partial charge in [0.25, 0.3) is 0 Å². The summed E-state index contributed by atoms with van der Waals surface area (Å²) in [6, 6.07) is 7.98. The van der Waals surface area contributed by atoms with Gasteiger partial charge in [0, 0.05) is 12.6 Å². The summed E-state index contributed by atoms with van der Waals surface area (Å²) in [6.45, 7) is 2.02. The zero-order valence-electron chi connectivity index (χ0n) is 8.23. The van der Waals surface area contributed by atoms with Crippen LogP contribution in [-0.4, -0.2) is 14.9 Å². The minimum atomic E-state index is 0.220. The maximum Gasteiger partial charge on any atom is 0.161 e. The second-order valence-electron chi connectivity index (χ2n) is 3.37. The Morgan fingerprint density at radius 1 is 1.36 bits per heavy atom. The Hall–Kier alpha value is -1.77. The second kappa shape index (κ2) is 3.18. The summed E-state index contributed by atoms with van der Waals surface area (Å²) >= 11 is 0. The van der Waals surface area contributed by atoms with E-state index in [1.165, 1.54) is 11.8 Å². The smallest absolute Gasteiger partial charge is 0.161 e. The van der Waals surface area contributed by atoms with E-state index in [2.05, 4.69) is 5.10 Å². The molecular formula is C11H12N2O. The number of aromatic hydroxyl groups is 1. The molecule has 0 atom stereocenters. The van der Waals surface area contributed by atoms with E-state index in [1.807, 2.05) is 38.2 Å². The van der Waals surface area contributed by atoms with Crippen molar-refractivity contribution in [3.8, 4) is 17.0 Å². The number of hydrogen-bond acceptors (Lipinski definition) is 2. The van der Waals surface area contributed by atoms with Crippen LogP contribution < -0.4 is 0 Å². The zero-order chi connectivity index (χ0) is 10.1. The van der Waals surface area contributed by atoms with E-state index < -0.39 is 0 Å². The number of rotatable bonds is 1. The third kappa shape index (κ3) is 1.37. The van der Waals surface area contributed by atoms with Gasteiger partial charge in [0.2, 0.25) is 0 Å². The van der Waals surface area contributed by atoms with Crippen molar-refractivity contribution in [3.63, 3.8) is 0 Å². The summed E-state index contributed by atoms with van der Waals surface area (Å²) in [4.78, 5) is 0. The largest absolute Gasteiger partial charge is 0.504 e.